The van der Waals surface area contributed by atoms with Crippen molar-refractivity contribution in [2.75, 3.05) is 33.0 Å². The molecule has 274 valence electrons. The van der Waals surface area contributed by atoms with Gasteiger partial charge < -0.3 is 49.6 Å². The van der Waals surface area contributed by atoms with Crippen molar-refractivity contribution in [3.05, 3.63) is 57.7 Å². The topological polar surface area (TPSA) is 192 Å². The number of phenols is 1. The molecule has 3 aliphatic carbocycles. The van der Waals surface area contributed by atoms with Crippen LogP contribution in [0.1, 0.15) is 71.7 Å². The molecule has 51 heavy (non-hydrogen) atoms. The molecule has 10 atom stereocenters. The summed E-state index contributed by atoms with van der Waals surface area (Å²) in [5.41, 5.74) is 2.00. The number of aromatic carboxylic acids is 1. The van der Waals surface area contributed by atoms with Crippen LogP contribution in [0.5, 0.6) is 11.5 Å². The number of aliphatic hydroxyl groups excluding tert-OH is 4. The third kappa shape index (κ3) is 5.05. The lowest BCUT2D eigenvalue weighted by Crippen LogP contribution is -2.69. The van der Waals surface area contributed by atoms with Crippen molar-refractivity contribution in [3.8, 4) is 11.5 Å². The molecular formula is C39H46O12. The Morgan fingerprint density at radius 3 is 2.65 bits per heavy atom. The molecule has 4 fully saturated rings. The van der Waals surface area contributed by atoms with E-state index in [1.807, 2.05) is 0 Å². The molecular weight excluding hydrogens is 660 g/mol. The maximum absolute atomic E-state index is 12.5. The lowest BCUT2D eigenvalue weighted by atomic mass is 9.46. The quantitative estimate of drug-likeness (QED) is 0.230. The van der Waals surface area contributed by atoms with Crippen molar-refractivity contribution in [2.24, 2.45) is 29.1 Å². The molecule has 2 aromatic carbocycles. The Hall–Kier alpha value is -3.36. The minimum atomic E-state index is -1.71. The van der Waals surface area contributed by atoms with Gasteiger partial charge in [0.1, 0.15) is 35.4 Å². The number of ether oxygens (including phenoxy) is 4. The van der Waals surface area contributed by atoms with Gasteiger partial charge in [-0.15, -0.1) is 0 Å². The molecule has 2 aromatic rings. The van der Waals surface area contributed by atoms with Gasteiger partial charge in [-0.1, -0.05) is 18.6 Å². The number of carboxylic acid groups (broad SMARTS) is 1. The number of carboxylic acids is 1. The SMILES string of the molecule is CC(=O)c1c(C)cc2cc(C(=O)O)cc(O[C@H]3O[C@H](CO)[C@@]4(C[C@H]5C6=C(CC=C6[C@]6(CCO)COC[C@H]7CCC[C@H]5[C@H]76)CO4)[C@H](O)[C@H]3O)c2c1O. The molecule has 0 radical (unpaired) electrons. The first-order chi connectivity index (χ1) is 24.5. The van der Waals surface area contributed by atoms with Crippen molar-refractivity contribution in [2.45, 2.75) is 82.6 Å². The first-order valence-electron chi connectivity index (χ1n) is 18.0. The number of ketones is 1. The van der Waals surface area contributed by atoms with Crippen molar-refractivity contribution < 1.29 is 59.2 Å². The summed E-state index contributed by atoms with van der Waals surface area (Å²) in [6.45, 7) is 3.79. The van der Waals surface area contributed by atoms with Gasteiger partial charge in [-0.2, -0.15) is 0 Å². The number of fused-ring (bicyclic) bond motifs is 3. The van der Waals surface area contributed by atoms with Crippen molar-refractivity contribution in [3.63, 3.8) is 0 Å². The summed E-state index contributed by atoms with van der Waals surface area (Å²) in [7, 11) is 0. The molecule has 6 aliphatic rings. The highest BCUT2D eigenvalue weighted by molar-refractivity contribution is 6.08. The minimum absolute atomic E-state index is 0.0403. The Morgan fingerprint density at radius 1 is 1.12 bits per heavy atom. The van der Waals surface area contributed by atoms with Gasteiger partial charge >= 0.3 is 5.97 Å². The average molecular weight is 707 g/mol. The number of hydrogen-bond donors (Lipinski definition) is 6. The Morgan fingerprint density at radius 2 is 1.92 bits per heavy atom. The number of carbonyl (C=O) groups excluding carboxylic acids is 1. The molecule has 0 unspecified atom stereocenters. The number of aliphatic hydroxyl groups is 4. The highest BCUT2D eigenvalue weighted by Crippen LogP contribution is 2.66. The molecule has 2 saturated heterocycles. The fraction of sp³-hybridized carbons (Fsp3) is 0.590. The zero-order chi connectivity index (χ0) is 36.0. The maximum Gasteiger partial charge on any atom is 0.335 e. The van der Waals surface area contributed by atoms with Gasteiger partial charge in [0.15, 0.2) is 5.78 Å². The van der Waals surface area contributed by atoms with Gasteiger partial charge in [0.25, 0.3) is 0 Å². The van der Waals surface area contributed by atoms with Gasteiger partial charge in [0.2, 0.25) is 6.29 Å². The van der Waals surface area contributed by atoms with Gasteiger partial charge in [-0.3, -0.25) is 4.79 Å². The monoisotopic (exact) mass is 706 g/mol. The molecule has 12 heteroatoms. The average Bonchev–Trinajstić information content (AvgIpc) is 3.46. The summed E-state index contributed by atoms with van der Waals surface area (Å²) < 4.78 is 25.3. The van der Waals surface area contributed by atoms with E-state index in [-0.39, 0.29) is 70.5 Å². The fourth-order valence-corrected chi connectivity index (χ4v) is 11.1. The number of allylic oxidation sites excluding steroid dienone is 2. The number of phenolic OH excluding ortho intramolecular Hbond substituents is 1. The summed E-state index contributed by atoms with van der Waals surface area (Å²) in [6, 6.07) is 4.09. The first-order valence-corrected chi connectivity index (χ1v) is 18.0. The van der Waals surface area contributed by atoms with Crippen LogP contribution in [-0.4, -0.2) is 106 Å². The molecule has 2 saturated carbocycles. The van der Waals surface area contributed by atoms with E-state index in [1.54, 1.807) is 13.0 Å². The number of aromatic hydroxyl groups is 1. The second kappa shape index (κ2) is 12.6. The summed E-state index contributed by atoms with van der Waals surface area (Å²) in [6.07, 6.45) is 0.817. The Kier molecular flexibility index (Phi) is 8.61. The van der Waals surface area contributed by atoms with E-state index in [1.165, 1.54) is 30.2 Å². The van der Waals surface area contributed by atoms with E-state index in [2.05, 4.69) is 6.08 Å². The summed E-state index contributed by atoms with van der Waals surface area (Å²) in [4.78, 5) is 24.6. The number of aryl methyl sites for hydroxylation is 1. The van der Waals surface area contributed by atoms with E-state index in [9.17, 15) is 40.2 Å². The highest BCUT2D eigenvalue weighted by Gasteiger charge is 2.65. The molecule has 1 spiro atoms. The molecule has 0 aromatic heterocycles. The highest BCUT2D eigenvalue weighted by atomic mass is 16.7. The predicted molar refractivity (Wildman–Crippen MR) is 181 cm³/mol. The zero-order valence-corrected chi connectivity index (χ0v) is 28.8. The smallest absolute Gasteiger partial charge is 0.335 e. The van der Waals surface area contributed by atoms with Crippen molar-refractivity contribution in [1.82, 2.24) is 0 Å². The fourth-order valence-electron chi connectivity index (χ4n) is 11.1. The first kappa shape index (κ1) is 34.7. The molecule has 0 bridgehead atoms. The predicted octanol–water partition coefficient (Wildman–Crippen LogP) is 3.42. The van der Waals surface area contributed by atoms with Crippen LogP contribution in [0, 0.1) is 36.0 Å². The zero-order valence-electron chi connectivity index (χ0n) is 28.8. The standard InChI is InChI=1S/C39H46O12/c1-18-10-22-11-23(36(46)47)12-27(31(22)33(43)29(18)19(2)42)50-37-34(44)35(45)39(28(14-41)51-37)13-25-24-5-3-4-21-15-48-17-38(8-9-40,32(21)24)26-7-6-20(16-49-39)30(25)26/h7,10-12,21,24-25,28,32,34-35,37,40-41,43-45H,3-6,8-9,13-17H2,1-2H3,(H,46,47)/t21-,24-,25-,28-,32+,34-,35-,37+,38+,39+/m1/s1. The summed E-state index contributed by atoms with van der Waals surface area (Å²) in [5.74, 6) is -1.49. The van der Waals surface area contributed by atoms with E-state index in [0.717, 1.165) is 24.8 Å². The van der Waals surface area contributed by atoms with Crippen LogP contribution in [0.25, 0.3) is 10.8 Å². The lowest BCUT2D eigenvalue weighted by molar-refractivity contribution is -0.326. The van der Waals surface area contributed by atoms with E-state index < -0.39 is 54.3 Å². The molecule has 6 N–H and O–H groups in total. The number of hydrogen-bond acceptors (Lipinski definition) is 11. The van der Waals surface area contributed by atoms with Crippen LogP contribution in [0.3, 0.4) is 0 Å². The number of Topliss-reactive ketones (excluding diaryl/α,β-unsaturated/α-hetero) is 1. The largest absolute Gasteiger partial charge is 0.506 e. The van der Waals surface area contributed by atoms with Gasteiger partial charge in [0.05, 0.1) is 36.3 Å². The maximum atomic E-state index is 12.5. The van der Waals surface area contributed by atoms with Crippen molar-refractivity contribution in [1.29, 1.82) is 0 Å². The third-order valence-electron chi connectivity index (χ3n) is 13.0. The second-order valence-electron chi connectivity index (χ2n) is 15.5. The van der Waals surface area contributed by atoms with E-state index >= 15 is 0 Å². The summed E-state index contributed by atoms with van der Waals surface area (Å²) in [5, 5.41) is 66.6. The van der Waals surface area contributed by atoms with Crippen LogP contribution in [0.2, 0.25) is 0 Å². The van der Waals surface area contributed by atoms with Crippen LogP contribution in [0.4, 0.5) is 0 Å². The number of benzene rings is 2. The Bertz CT molecular complexity index is 1840. The normalized spacial score (nSPS) is 37.1. The second-order valence-corrected chi connectivity index (χ2v) is 15.5. The lowest BCUT2D eigenvalue weighted by Gasteiger charge is -2.61. The molecule has 0 amide bonds. The van der Waals surface area contributed by atoms with E-state index in [4.69, 9.17) is 18.9 Å². The Balaban J connectivity index is 1.16. The number of carbonyl (C=O) groups is 2. The van der Waals surface area contributed by atoms with Gasteiger partial charge in [0, 0.05) is 18.6 Å². The third-order valence-corrected chi connectivity index (χ3v) is 13.0. The number of rotatable bonds is 7. The van der Waals surface area contributed by atoms with Crippen LogP contribution >= 0.6 is 0 Å². The minimum Gasteiger partial charge on any atom is -0.506 e. The Labute approximate surface area is 295 Å². The van der Waals surface area contributed by atoms with Crippen LogP contribution in [-0.2, 0) is 14.2 Å². The molecule has 3 heterocycles. The molecule has 8 rings (SSSR count). The molecule has 3 aliphatic heterocycles. The molecule has 12 nitrogen and oxygen atoms in total. The van der Waals surface area contributed by atoms with Crippen LogP contribution in [0.15, 0.2) is 41.0 Å². The van der Waals surface area contributed by atoms with Crippen molar-refractivity contribution >= 4 is 22.5 Å². The van der Waals surface area contributed by atoms with Crippen LogP contribution < -0.4 is 4.74 Å². The van der Waals surface area contributed by atoms with Gasteiger partial charge in [-0.05, 0) is 109 Å². The van der Waals surface area contributed by atoms with E-state index in [0.29, 0.717) is 37.5 Å². The van der Waals surface area contributed by atoms with Gasteiger partial charge in [-0.25, -0.2) is 4.79 Å². The summed E-state index contributed by atoms with van der Waals surface area (Å²) >= 11 is 0.